The van der Waals surface area contributed by atoms with Gasteiger partial charge in [0.25, 0.3) is 0 Å². The summed E-state index contributed by atoms with van der Waals surface area (Å²) in [7, 11) is -1.26. The highest BCUT2D eigenvalue weighted by molar-refractivity contribution is 9.10. The van der Waals surface area contributed by atoms with Crippen LogP contribution in [-0.4, -0.2) is 41.9 Å². The molecule has 3 N–H and O–H groups in total. The van der Waals surface area contributed by atoms with Crippen molar-refractivity contribution in [2.75, 3.05) is 33.1 Å². The maximum absolute atomic E-state index is 14.0. The maximum Gasteiger partial charge on any atom is 0.243 e. The van der Waals surface area contributed by atoms with Crippen LogP contribution in [0.3, 0.4) is 0 Å². The fourth-order valence-electron chi connectivity index (χ4n) is 1.47. The number of methoxy groups -OCH3 is 2. The lowest BCUT2D eigenvalue weighted by Crippen LogP contribution is -2.36. The lowest BCUT2D eigenvalue weighted by molar-refractivity contribution is 0.0320. The van der Waals surface area contributed by atoms with Crippen LogP contribution in [0, 0.1) is 5.82 Å². The number of anilines is 1. The Labute approximate surface area is 135 Å². The van der Waals surface area contributed by atoms with Crippen molar-refractivity contribution in [1.82, 2.24) is 4.72 Å². The molecule has 6 nitrogen and oxygen atoms in total. The molecule has 0 aliphatic rings. The fraction of sp³-hybridized carbons (Fsp3) is 0.455. The van der Waals surface area contributed by atoms with Gasteiger partial charge in [0.05, 0.1) is 27.9 Å². The molecule has 0 radical (unpaired) electrons. The molecule has 1 aromatic rings. The second-order valence-corrected chi connectivity index (χ2v) is 7.00. The summed E-state index contributed by atoms with van der Waals surface area (Å²) >= 11 is 8.78. The first kappa shape index (κ1) is 18.6. The number of nitrogen functional groups attached to an aromatic ring is 1. The Morgan fingerprint density at radius 1 is 1.52 bits per heavy atom. The summed E-state index contributed by atoms with van der Waals surface area (Å²) in [6.07, 6.45) is -0.504. The van der Waals surface area contributed by atoms with Crippen LogP contribution in [0.1, 0.15) is 0 Å². The Kier molecular flexibility index (Phi) is 6.82. The molecule has 1 unspecified atom stereocenters. The summed E-state index contributed by atoms with van der Waals surface area (Å²) in [4.78, 5) is -0.625. The van der Waals surface area contributed by atoms with Crippen LogP contribution < -0.4 is 10.5 Å². The minimum Gasteiger partial charge on any atom is -0.395 e. The van der Waals surface area contributed by atoms with Crippen molar-refractivity contribution in [1.29, 1.82) is 0 Å². The molecule has 0 heterocycles. The van der Waals surface area contributed by atoms with Crippen molar-refractivity contribution in [2.24, 2.45) is 0 Å². The second-order valence-electron chi connectivity index (χ2n) is 4.06. The van der Waals surface area contributed by atoms with Crippen molar-refractivity contribution in [2.45, 2.75) is 11.0 Å². The summed E-state index contributed by atoms with van der Waals surface area (Å²) in [5, 5.41) is -0.00513. The third kappa shape index (κ3) is 4.51. The van der Waals surface area contributed by atoms with Gasteiger partial charge in [0.1, 0.15) is 4.90 Å². The first-order valence-electron chi connectivity index (χ1n) is 5.69. The average molecular weight is 406 g/mol. The normalized spacial score (nSPS) is 13.4. The van der Waals surface area contributed by atoms with Gasteiger partial charge in [-0.1, -0.05) is 11.6 Å². The number of nitrogens with two attached hydrogens (primary N) is 1. The van der Waals surface area contributed by atoms with E-state index in [0.29, 0.717) is 0 Å². The number of benzene rings is 1. The molecule has 0 fully saturated rings. The van der Waals surface area contributed by atoms with Gasteiger partial charge >= 0.3 is 0 Å². The zero-order valence-electron chi connectivity index (χ0n) is 11.3. The zero-order valence-corrected chi connectivity index (χ0v) is 14.5. The molecule has 1 aromatic carbocycles. The lowest BCUT2D eigenvalue weighted by atomic mass is 10.3. The SMILES string of the molecule is COCC(CNS(=O)(=O)c1cc(Cl)c(Br)c(N)c1F)OC. The zero-order chi connectivity index (χ0) is 16.2. The molecular weight excluding hydrogens is 391 g/mol. The number of nitrogens with one attached hydrogen (secondary N) is 1. The van der Waals surface area contributed by atoms with Gasteiger partial charge in [-0.25, -0.2) is 17.5 Å². The molecule has 0 bridgehead atoms. The van der Waals surface area contributed by atoms with Crippen molar-refractivity contribution >= 4 is 43.2 Å². The van der Waals surface area contributed by atoms with Crippen LogP contribution in [0.4, 0.5) is 10.1 Å². The summed E-state index contributed by atoms with van der Waals surface area (Å²) < 4.78 is 50.4. The highest BCUT2D eigenvalue weighted by Crippen LogP contribution is 2.34. The Morgan fingerprint density at radius 2 is 2.14 bits per heavy atom. The summed E-state index contributed by atoms with van der Waals surface area (Å²) in [6.45, 7) is 0.102. The average Bonchev–Trinajstić information content (AvgIpc) is 2.44. The number of ether oxygens (including phenoxy) is 2. The smallest absolute Gasteiger partial charge is 0.243 e. The van der Waals surface area contributed by atoms with Gasteiger partial charge in [-0.2, -0.15) is 0 Å². The van der Waals surface area contributed by atoms with Crippen LogP contribution >= 0.6 is 27.5 Å². The molecule has 0 saturated carbocycles. The number of rotatable bonds is 7. The van der Waals surface area contributed by atoms with E-state index in [1.807, 2.05) is 0 Å². The molecule has 0 saturated heterocycles. The first-order valence-corrected chi connectivity index (χ1v) is 8.34. The molecule has 120 valence electrons. The van der Waals surface area contributed by atoms with E-state index in [4.69, 9.17) is 26.8 Å². The van der Waals surface area contributed by atoms with E-state index in [2.05, 4.69) is 20.7 Å². The summed E-state index contributed by atoms with van der Waals surface area (Å²) in [5.41, 5.74) is 5.09. The van der Waals surface area contributed by atoms with Gasteiger partial charge in [0.15, 0.2) is 5.82 Å². The highest BCUT2D eigenvalue weighted by Gasteiger charge is 2.25. The van der Waals surface area contributed by atoms with E-state index < -0.39 is 26.8 Å². The van der Waals surface area contributed by atoms with E-state index in [1.165, 1.54) is 14.2 Å². The fourth-order valence-corrected chi connectivity index (χ4v) is 3.22. The van der Waals surface area contributed by atoms with Crippen LogP contribution in [0.5, 0.6) is 0 Å². The number of sulfonamides is 1. The molecule has 0 aliphatic heterocycles. The summed E-state index contributed by atoms with van der Waals surface area (Å²) in [6, 6.07) is 0.984. The lowest BCUT2D eigenvalue weighted by Gasteiger charge is -2.16. The van der Waals surface area contributed by atoms with E-state index in [0.717, 1.165) is 6.07 Å². The molecule has 10 heteroatoms. The largest absolute Gasteiger partial charge is 0.395 e. The van der Waals surface area contributed by atoms with Crippen LogP contribution in [-0.2, 0) is 19.5 Å². The standard InChI is InChI=1S/C11H15BrClFN2O4S/c1-19-5-6(20-2)4-16-21(17,18)8-3-7(13)9(12)11(15)10(8)14/h3,6,16H,4-5,15H2,1-2H3. The Bertz CT molecular complexity index is 615. The van der Waals surface area contributed by atoms with Crippen LogP contribution in [0.2, 0.25) is 5.02 Å². The molecular formula is C11H15BrClFN2O4S. The Morgan fingerprint density at radius 3 is 2.67 bits per heavy atom. The van der Waals surface area contributed by atoms with Crippen molar-refractivity contribution < 1.29 is 22.3 Å². The Balaban J connectivity index is 3.04. The van der Waals surface area contributed by atoms with Gasteiger partial charge < -0.3 is 15.2 Å². The molecule has 0 amide bonds. The number of hydrogen-bond acceptors (Lipinski definition) is 5. The molecule has 21 heavy (non-hydrogen) atoms. The molecule has 1 rings (SSSR count). The highest BCUT2D eigenvalue weighted by atomic mass is 79.9. The summed E-state index contributed by atoms with van der Waals surface area (Å²) in [5.74, 6) is -1.07. The van der Waals surface area contributed by atoms with Gasteiger partial charge in [-0.15, -0.1) is 0 Å². The quantitative estimate of drug-likeness (QED) is 0.533. The number of halogens is 3. The predicted octanol–water partition coefficient (Wildman–Crippen LogP) is 1.76. The molecule has 1 atom stereocenters. The monoisotopic (exact) mass is 404 g/mol. The second kappa shape index (κ2) is 7.70. The van der Waals surface area contributed by atoms with Gasteiger partial charge in [-0.3, -0.25) is 0 Å². The Hall–Kier alpha value is -0.450. The van der Waals surface area contributed by atoms with Crippen LogP contribution in [0.15, 0.2) is 15.4 Å². The van der Waals surface area contributed by atoms with E-state index in [-0.39, 0.29) is 28.3 Å². The van der Waals surface area contributed by atoms with E-state index in [1.54, 1.807) is 0 Å². The topological polar surface area (TPSA) is 90.7 Å². The van der Waals surface area contributed by atoms with Crippen molar-refractivity contribution in [3.05, 3.63) is 21.4 Å². The van der Waals surface area contributed by atoms with Crippen LogP contribution in [0.25, 0.3) is 0 Å². The minimum absolute atomic E-state index is 0.00513. The minimum atomic E-state index is -4.12. The van der Waals surface area contributed by atoms with Crippen molar-refractivity contribution in [3.63, 3.8) is 0 Å². The van der Waals surface area contributed by atoms with Crippen molar-refractivity contribution in [3.8, 4) is 0 Å². The first-order chi connectivity index (χ1) is 9.74. The third-order valence-corrected chi connectivity index (χ3v) is 5.44. The van der Waals surface area contributed by atoms with Gasteiger partial charge in [-0.05, 0) is 22.0 Å². The maximum atomic E-state index is 14.0. The molecule has 0 spiro atoms. The van der Waals surface area contributed by atoms with Gasteiger partial charge in [0, 0.05) is 20.8 Å². The number of hydrogen-bond donors (Lipinski definition) is 2. The van der Waals surface area contributed by atoms with Gasteiger partial charge in [0.2, 0.25) is 10.0 Å². The predicted molar refractivity (Wildman–Crippen MR) is 81.4 cm³/mol. The van der Waals surface area contributed by atoms with E-state index in [9.17, 15) is 12.8 Å². The third-order valence-electron chi connectivity index (χ3n) is 2.63. The van der Waals surface area contributed by atoms with E-state index >= 15 is 0 Å². The molecule has 0 aliphatic carbocycles. The molecule has 0 aromatic heterocycles.